The van der Waals surface area contributed by atoms with Gasteiger partial charge in [0.25, 0.3) is 0 Å². The lowest BCUT2D eigenvalue weighted by Crippen LogP contribution is -2.37. The molecule has 3 heterocycles. The number of carbonyl (C=O) groups is 1. The Kier molecular flexibility index (Phi) is 7.37. The third-order valence-corrected chi connectivity index (χ3v) is 5.50. The van der Waals surface area contributed by atoms with Gasteiger partial charge < -0.3 is 24.3 Å². The highest BCUT2D eigenvalue weighted by atomic mass is 16.7. The highest BCUT2D eigenvalue weighted by molar-refractivity contribution is 5.92. The largest absolute Gasteiger partial charge is 0.490 e. The van der Waals surface area contributed by atoms with E-state index in [2.05, 4.69) is 22.6 Å². The zero-order valence-corrected chi connectivity index (χ0v) is 18.1. The quantitative estimate of drug-likeness (QED) is 0.464. The molecule has 0 bridgehead atoms. The molecular formula is C22H25N7O4. The van der Waals surface area contributed by atoms with Crippen LogP contribution in [-0.4, -0.2) is 78.0 Å². The number of carbonyl (C=O) groups excluding carboxylic acids is 1. The van der Waals surface area contributed by atoms with Crippen LogP contribution >= 0.6 is 0 Å². The van der Waals surface area contributed by atoms with Gasteiger partial charge in [0, 0.05) is 32.2 Å². The van der Waals surface area contributed by atoms with E-state index in [0.29, 0.717) is 63.1 Å². The van der Waals surface area contributed by atoms with Crippen LogP contribution in [0.4, 0.5) is 5.82 Å². The highest BCUT2D eigenvalue weighted by Gasteiger charge is 2.28. The first-order chi connectivity index (χ1) is 16.2. The van der Waals surface area contributed by atoms with Crippen LogP contribution in [0.5, 0.6) is 5.75 Å². The second kappa shape index (κ2) is 10.8. The maximum absolute atomic E-state index is 12.4. The van der Waals surface area contributed by atoms with Gasteiger partial charge in [-0.25, -0.2) is 4.98 Å². The van der Waals surface area contributed by atoms with E-state index in [0.717, 1.165) is 18.8 Å². The van der Waals surface area contributed by atoms with Crippen LogP contribution in [0, 0.1) is 28.7 Å². The van der Waals surface area contributed by atoms with Crippen LogP contribution in [-0.2, 0) is 14.4 Å². The van der Waals surface area contributed by atoms with Gasteiger partial charge in [-0.2, -0.15) is 15.6 Å². The number of nitrogens with one attached hydrogen (secondary N) is 1. The average Bonchev–Trinajstić information content (AvgIpc) is 3.52. The van der Waals surface area contributed by atoms with Crippen LogP contribution in [0.1, 0.15) is 12.0 Å². The van der Waals surface area contributed by atoms with Gasteiger partial charge >= 0.3 is 0 Å². The molecule has 0 unspecified atom stereocenters. The summed E-state index contributed by atoms with van der Waals surface area (Å²) in [7, 11) is 0. The Hall–Kier alpha value is -3.64. The Morgan fingerprint density at radius 2 is 2.09 bits per heavy atom. The van der Waals surface area contributed by atoms with E-state index in [1.54, 1.807) is 40.2 Å². The van der Waals surface area contributed by atoms with Crippen molar-refractivity contribution < 1.29 is 19.1 Å². The fourth-order valence-electron chi connectivity index (χ4n) is 3.70. The van der Waals surface area contributed by atoms with E-state index in [1.165, 1.54) is 0 Å². The predicted octanol–water partition coefficient (Wildman–Crippen LogP) is 1.13. The maximum atomic E-state index is 12.4. The molecule has 2 saturated heterocycles. The molecule has 2 aliphatic heterocycles. The van der Waals surface area contributed by atoms with Crippen LogP contribution in [0.2, 0.25) is 0 Å². The number of anilines is 1. The van der Waals surface area contributed by atoms with Crippen molar-refractivity contribution in [2.24, 2.45) is 5.92 Å². The summed E-state index contributed by atoms with van der Waals surface area (Å²) in [4.78, 5) is 23.9. The lowest BCUT2D eigenvalue weighted by molar-refractivity contribution is -0.197. The number of nitriles is 2. The van der Waals surface area contributed by atoms with E-state index in [4.69, 9.17) is 19.6 Å². The van der Waals surface area contributed by atoms with Crippen molar-refractivity contribution in [2.45, 2.75) is 6.42 Å². The van der Waals surface area contributed by atoms with Gasteiger partial charge in [0.15, 0.2) is 12.0 Å². The minimum Gasteiger partial charge on any atom is -0.490 e. The first kappa shape index (κ1) is 22.6. The second-order valence-corrected chi connectivity index (χ2v) is 7.70. The average molecular weight is 451 g/mol. The molecule has 33 heavy (non-hydrogen) atoms. The first-order valence-corrected chi connectivity index (χ1v) is 10.8. The Labute approximate surface area is 191 Å². The van der Waals surface area contributed by atoms with Crippen LogP contribution in [0.25, 0.3) is 5.69 Å². The molecule has 2 aliphatic rings. The third-order valence-electron chi connectivity index (χ3n) is 5.50. The number of nitrogens with zero attached hydrogens (tertiary/aromatic N) is 6. The molecule has 0 spiro atoms. The van der Waals surface area contributed by atoms with Crippen molar-refractivity contribution in [3.05, 3.63) is 36.3 Å². The van der Waals surface area contributed by atoms with E-state index < -0.39 is 0 Å². The molecule has 0 saturated carbocycles. The molecule has 1 aromatic carbocycles. The summed E-state index contributed by atoms with van der Waals surface area (Å²) >= 11 is 0. The Morgan fingerprint density at radius 3 is 2.85 bits per heavy atom. The number of morpholine rings is 1. The zero-order chi connectivity index (χ0) is 23.0. The number of rotatable bonds is 8. The van der Waals surface area contributed by atoms with Crippen molar-refractivity contribution in [3.8, 4) is 23.7 Å². The van der Waals surface area contributed by atoms with E-state index >= 15 is 0 Å². The molecule has 1 atom stereocenters. The summed E-state index contributed by atoms with van der Waals surface area (Å²) in [5.74, 6) is 0.482. The smallest absolute Gasteiger partial charge is 0.230 e. The number of benzene rings is 1. The minimum atomic E-state index is -0.232. The molecule has 172 valence electrons. The number of ether oxygens (including phenoxy) is 2. The molecule has 4 rings (SSSR count). The number of hydrogen-bond acceptors (Lipinski definition) is 9. The number of aromatic nitrogens is 2. The summed E-state index contributed by atoms with van der Waals surface area (Å²) in [5, 5.41) is 23.0. The summed E-state index contributed by atoms with van der Waals surface area (Å²) in [6.45, 7) is 4.40. The standard InChI is InChI=1S/C22H25N7O4/c23-12-17-1-2-19(11-20(17)32-9-10-33-29-5-7-31-8-6-29)28-14-21(25-16-28)26-22(30)18-3-4-27(13-18)15-24/h1-2,11,14,16,18H,3-10,13H2,(H,26,30)/t18-/m0/s1. The summed E-state index contributed by atoms with van der Waals surface area (Å²) in [6.07, 6.45) is 5.99. The van der Waals surface area contributed by atoms with Crippen LogP contribution in [0.15, 0.2) is 30.7 Å². The van der Waals surface area contributed by atoms with Crippen molar-refractivity contribution in [2.75, 3.05) is 57.9 Å². The SMILES string of the molecule is N#Cc1ccc(-n2cnc(NC(=O)[C@H]3CCN(C#N)C3)c2)cc1OCCON1CCOCC1. The monoisotopic (exact) mass is 451 g/mol. The van der Waals surface area contributed by atoms with Crippen molar-refractivity contribution in [1.82, 2.24) is 19.5 Å². The van der Waals surface area contributed by atoms with Crippen molar-refractivity contribution >= 4 is 11.7 Å². The first-order valence-electron chi connectivity index (χ1n) is 10.8. The Bertz CT molecular complexity index is 1050. The number of likely N-dealkylation sites (tertiary alicyclic amines) is 1. The molecule has 0 aliphatic carbocycles. The van der Waals surface area contributed by atoms with Gasteiger partial charge in [0.1, 0.15) is 31.4 Å². The lowest BCUT2D eigenvalue weighted by atomic mass is 10.1. The zero-order valence-electron chi connectivity index (χ0n) is 18.1. The Morgan fingerprint density at radius 1 is 1.24 bits per heavy atom. The normalized spacial score (nSPS) is 18.5. The molecule has 1 aromatic heterocycles. The number of hydroxylamine groups is 2. The van der Waals surface area contributed by atoms with E-state index in [9.17, 15) is 10.1 Å². The van der Waals surface area contributed by atoms with Crippen LogP contribution in [0.3, 0.4) is 0 Å². The minimum absolute atomic E-state index is 0.151. The number of hydrogen-bond donors (Lipinski definition) is 1. The highest BCUT2D eigenvalue weighted by Crippen LogP contribution is 2.23. The van der Waals surface area contributed by atoms with E-state index in [1.807, 2.05) is 5.06 Å². The molecule has 11 nitrogen and oxygen atoms in total. The Balaban J connectivity index is 1.35. The molecule has 1 amide bonds. The number of imidazole rings is 1. The molecular weight excluding hydrogens is 426 g/mol. The molecule has 2 fully saturated rings. The second-order valence-electron chi connectivity index (χ2n) is 7.70. The van der Waals surface area contributed by atoms with Crippen molar-refractivity contribution in [1.29, 1.82) is 10.5 Å². The van der Waals surface area contributed by atoms with Gasteiger partial charge in [-0.3, -0.25) is 9.63 Å². The fourth-order valence-corrected chi connectivity index (χ4v) is 3.70. The summed E-state index contributed by atoms with van der Waals surface area (Å²) in [5.41, 5.74) is 1.16. The van der Waals surface area contributed by atoms with E-state index in [-0.39, 0.29) is 11.8 Å². The molecule has 11 heteroatoms. The fraction of sp³-hybridized carbons (Fsp3) is 0.455. The lowest BCUT2D eigenvalue weighted by Gasteiger charge is -2.25. The van der Waals surface area contributed by atoms with Gasteiger partial charge in [-0.05, 0) is 18.6 Å². The van der Waals surface area contributed by atoms with Gasteiger partial charge in [-0.15, -0.1) is 0 Å². The van der Waals surface area contributed by atoms with Crippen LogP contribution < -0.4 is 10.1 Å². The number of amides is 1. The third kappa shape index (κ3) is 5.79. The molecule has 2 aromatic rings. The summed E-state index contributed by atoms with van der Waals surface area (Å²) < 4.78 is 12.8. The predicted molar refractivity (Wildman–Crippen MR) is 116 cm³/mol. The molecule has 0 radical (unpaired) electrons. The van der Waals surface area contributed by atoms with Crippen molar-refractivity contribution in [3.63, 3.8) is 0 Å². The van der Waals surface area contributed by atoms with Gasteiger partial charge in [0.05, 0.1) is 36.6 Å². The maximum Gasteiger partial charge on any atom is 0.230 e. The summed E-state index contributed by atoms with van der Waals surface area (Å²) in [6, 6.07) is 7.35. The molecule has 1 N–H and O–H groups in total. The van der Waals surface area contributed by atoms with Gasteiger partial charge in [0.2, 0.25) is 5.91 Å². The van der Waals surface area contributed by atoms with Gasteiger partial charge in [-0.1, -0.05) is 0 Å². The topological polar surface area (TPSA) is 129 Å².